The number of nitrogens with two attached hydrogens (primary N) is 2. The van der Waals surface area contributed by atoms with Gasteiger partial charge in [-0.05, 0) is 24.6 Å². The first kappa shape index (κ1) is 14.8. The maximum absolute atomic E-state index is 11.3. The van der Waals surface area contributed by atoms with Gasteiger partial charge in [0.2, 0.25) is 10.0 Å². The summed E-state index contributed by atoms with van der Waals surface area (Å²) in [5, 5.41) is 9.10. The monoisotopic (exact) mass is 312 g/mol. The van der Waals surface area contributed by atoms with Crippen molar-refractivity contribution in [2.24, 2.45) is 5.14 Å². The van der Waals surface area contributed by atoms with Crippen molar-refractivity contribution in [2.75, 3.05) is 11.1 Å². The first-order valence-electron chi connectivity index (χ1n) is 6.00. The van der Waals surface area contributed by atoms with Crippen molar-refractivity contribution in [2.45, 2.75) is 24.8 Å². The molecule has 0 saturated heterocycles. The molecule has 5 N–H and O–H groups in total. The fraction of sp³-hybridized carbons (Fsp3) is 0.250. The lowest BCUT2D eigenvalue weighted by Gasteiger charge is -2.09. The van der Waals surface area contributed by atoms with E-state index in [0.29, 0.717) is 17.9 Å². The number of primary sulfonamides is 1. The molecule has 20 heavy (non-hydrogen) atoms. The van der Waals surface area contributed by atoms with E-state index >= 15 is 0 Å². The third kappa shape index (κ3) is 3.47. The van der Waals surface area contributed by atoms with Crippen LogP contribution in [0.1, 0.15) is 16.8 Å². The number of thiazole rings is 1. The maximum atomic E-state index is 11.3. The third-order valence-corrected chi connectivity index (χ3v) is 4.79. The molecule has 0 saturated carbocycles. The highest BCUT2D eigenvalue weighted by Crippen LogP contribution is 2.23. The average Bonchev–Trinajstić information content (AvgIpc) is 2.84. The van der Waals surface area contributed by atoms with Gasteiger partial charge in [-0.25, -0.2) is 18.5 Å². The van der Waals surface area contributed by atoms with Crippen LogP contribution in [0.15, 0.2) is 29.3 Å². The van der Waals surface area contributed by atoms with Crippen LogP contribution < -0.4 is 16.2 Å². The number of nitrogens with zero attached hydrogens (tertiary/aromatic N) is 1. The molecule has 0 bridgehead atoms. The predicted molar refractivity (Wildman–Crippen MR) is 81.0 cm³/mol. The molecule has 1 aromatic heterocycles. The van der Waals surface area contributed by atoms with E-state index in [4.69, 9.17) is 10.9 Å². The Morgan fingerprint density at radius 3 is 2.75 bits per heavy atom. The van der Waals surface area contributed by atoms with Crippen LogP contribution in [-0.2, 0) is 23.0 Å². The normalized spacial score (nSPS) is 11.5. The largest absolute Gasteiger partial charge is 0.397 e. The van der Waals surface area contributed by atoms with Gasteiger partial charge in [0.15, 0.2) is 0 Å². The lowest BCUT2D eigenvalue weighted by molar-refractivity contribution is 0.598. The molecule has 1 aromatic carbocycles. The molecule has 0 fully saturated rings. The van der Waals surface area contributed by atoms with Crippen LogP contribution in [0.25, 0.3) is 0 Å². The van der Waals surface area contributed by atoms with Gasteiger partial charge in [0.1, 0.15) is 5.01 Å². The molecule has 0 atom stereocenters. The SMILES string of the molecule is CCc1cnc(CNc2cc(S(N)(=O)=O)ccc2N)s1. The number of nitrogens with one attached hydrogen (secondary N) is 1. The highest BCUT2D eigenvalue weighted by atomic mass is 32.2. The van der Waals surface area contributed by atoms with Crippen molar-refractivity contribution in [1.29, 1.82) is 0 Å². The minimum atomic E-state index is -3.73. The summed E-state index contributed by atoms with van der Waals surface area (Å²) in [6.07, 6.45) is 2.78. The van der Waals surface area contributed by atoms with Gasteiger partial charge in [-0.1, -0.05) is 6.92 Å². The summed E-state index contributed by atoms with van der Waals surface area (Å²) in [5.41, 5.74) is 6.81. The van der Waals surface area contributed by atoms with Gasteiger partial charge in [-0.3, -0.25) is 0 Å². The van der Waals surface area contributed by atoms with E-state index < -0.39 is 10.0 Å². The van der Waals surface area contributed by atoms with Gasteiger partial charge in [-0.2, -0.15) is 0 Å². The molecule has 0 aliphatic rings. The molecule has 8 heteroatoms. The maximum Gasteiger partial charge on any atom is 0.238 e. The third-order valence-electron chi connectivity index (χ3n) is 2.73. The second kappa shape index (κ2) is 5.78. The van der Waals surface area contributed by atoms with Crippen LogP contribution in [0.3, 0.4) is 0 Å². The summed E-state index contributed by atoms with van der Waals surface area (Å²) in [7, 11) is -3.73. The number of hydrogen-bond donors (Lipinski definition) is 3. The van der Waals surface area contributed by atoms with Gasteiger partial charge in [-0.15, -0.1) is 11.3 Å². The summed E-state index contributed by atoms with van der Waals surface area (Å²) < 4.78 is 22.6. The molecular weight excluding hydrogens is 296 g/mol. The number of aryl methyl sites for hydroxylation is 1. The van der Waals surface area contributed by atoms with Crippen molar-refractivity contribution in [3.8, 4) is 0 Å². The Kier molecular flexibility index (Phi) is 4.26. The summed E-state index contributed by atoms with van der Waals surface area (Å²) in [6.45, 7) is 2.56. The van der Waals surface area contributed by atoms with Crippen molar-refractivity contribution < 1.29 is 8.42 Å². The van der Waals surface area contributed by atoms with Gasteiger partial charge < -0.3 is 11.1 Å². The zero-order valence-electron chi connectivity index (χ0n) is 11.0. The Bertz CT molecular complexity index is 710. The van der Waals surface area contributed by atoms with E-state index in [1.807, 2.05) is 6.20 Å². The van der Waals surface area contributed by atoms with E-state index in [0.717, 1.165) is 11.4 Å². The van der Waals surface area contributed by atoms with Crippen molar-refractivity contribution in [1.82, 2.24) is 4.98 Å². The number of benzene rings is 1. The Morgan fingerprint density at radius 1 is 1.40 bits per heavy atom. The standard InChI is InChI=1S/C12H16N4O2S2/c1-2-8-6-16-12(19-8)7-15-11-5-9(20(14,17)18)3-4-10(11)13/h3-6,15H,2,7,13H2,1H3,(H2,14,17,18). The first-order valence-corrected chi connectivity index (χ1v) is 8.36. The summed E-state index contributed by atoms with van der Waals surface area (Å²) in [6, 6.07) is 4.33. The Labute approximate surface area is 121 Å². The molecular formula is C12H16N4O2S2. The number of rotatable bonds is 5. The summed E-state index contributed by atoms with van der Waals surface area (Å²) in [5.74, 6) is 0. The fourth-order valence-electron chi connectivity index (χ4n) is 1.63. The quantitative estimate of drug-likeness (QED) is 0.725. The van der Waals surface area contributed by atoms with Gasteiger partial charge in [0.05, 0.1) is 22.8 Å². The molecule has 2 aromatic rings. The molecule has 0 spiro atoms. The fourth-order valence-corrected chi connectivity index (χ4v) is 2.97. The molecule has 108 valence electrons. The van der Waals surface area contributed by atoms with Crippen molar-refractivity contribution in [3.05, 3.63) is 34.3 Å². The Balaban J connectivity index is 2.16. The minimum absolute atomic E-state index is 0.0302. The van der Waals surface area contributed by atoms with Gasteiger partial charge in [0.25, 0.3) is 0 Å². The average molecular weight is 312 g/mol. The number of aromatic nitrogens is 1. The van der Waals surface area contributed by atoms with E-state index in [1.54, 1.807) is 11.3 Å². The molecule has 0 amide bonds. The molecule has 6 nitrogen and oxygen atoms in total. The van der Waals surface area contributed by atoms with Crippen LogP contribution in [0, 0.1) is 0 Å². The van der Waals surface area contributed by atoms with Crippen LogP contribution in [0.2, 0.25) is 0 Å². The second-order valence-electron chi connectivity index (χ2n) is 4.22. The Morgan fingerprint density at radius 2 is 2.15 bits per heavy atom. The highest BCUT2D eigenvalue weighted by Gasteiger charge is 2.10. The van der Waals surface area contributed by atoms with Gasteiger partial charge >= 0.3 is 0 Å². The Hall–Kier alpha value is -1.64. The number of nitrogen functional groups attached to an aromatic ring is 1. The van der Waals surface area contributed by atoms with E-state index in [1.165, 1.54) is 23.1 Å². The predicted octanol–water partition coefficient (Wildman–Crippen LogP) is 1.55. The first-order chi connectivity index (χ1) is 9.40. The number of anilines is 2. The smallest absolute Gasteiger partial charge is 0.238 e. The van der Waals surface area contributed by atoms with Gasteiger partial charge in [0, 0.05) is 11.1 Å². The molecule has 0 aliphatic heterocycles. The summed E-state index contributed by atoms with van der Waals surface area (Å²) in [4.78, 5) is 5.51. The molecule has 1 heterocycles. The highest BCUT2D eigenvalue weighted by molar-refractivity contribution is 7.89. The number of hydrogen-bond acceptors (Lipinski definition) is 6. The lowest BCUT2D eigenvalue weighted by atomic mass is 10.2. The number of sulfonamides is 1. The molecule has 0 radical (unpaired) electrons. The molecule has 0 aliphatic carbocycles. The topological polar surface area (TPSA) is 111 Å². The van der Waals surface area contributed by atoms with E-state index in [-0.39, 0.29) is 4.90 Å². The van der Waals surface area contributed by atoms with Crippen LogP contribution in [0.4, 0.5) is 11.4 Å². The minimum Gasteiger partial charge on any atom is -0.397 e. The zero-order valence-corrected chi connectivity index (χ0v) is 12.6. The second-order valence-corrected chi connectivity index (χ2v) is 6.98. The van der Waals surface area contributed by atoms with E-state index in [9.17, 15) is 8.42 Å². The van der Waals surface area contributed by atoms with Crippen molar-refractivity contribution in [3.63, 3.8) is 0 Å². The molecule has 2 rings (SSSR count). The molecule has 0 unspecified atom stereocenters. The van der Waals surface area contributed by atoms with Crippen LogP contribution in [-0.4, -0.2) is 13.4 Å². The van der Waals surface area contributed by atoms with Crippen LogP contribution in [0.5, 0.6) is 0 Å². The van der Waals surface area contributed by atoms with E-state index in [2.05, 4.69) is 17.2 Å². The summed E-state index contributed by atoms with van der Waals surface area (Å²) >= 11 is 1.61. The lowest BCUT2D eigenvalue weighted by Crippen LogP contribution is -2.13. The van der Waals surface area contributed by atoms with Crippen molar-refractivity contribution >= 4 is 32.7 Å². The van der Waals surface area contributed by atoms with Crippen LogP contribution >= 0.6 is 11.3 Å². The zero-order chi connectivity index (χ0) is 14.8.